The third-order valence-electron chi connectivity index (χ3n) is 3.33. The van der Waals surface area contributed by atoms with Crippen molar-refractivity contribution in [3.8, 4) is 5.75 Å². The topological polar surface area (TPSA) is 21.3 Å². The van der Waals surface area contributed by atoms with Crippen LogP contribution in [0.25, 0.3) is 0 Å². The van der Waals surface area contributed by atoms with Crippen molar-refractivity contribution in [1.82, 2.24) is 5.32 Å². The fraction of sp³-hybridized carbons (Fsp3) is 0.294. The highest BCUT2D eigenvalue weighted by Crippen LogP contribution is 2.29. The maximum Gasteiger partial charge on any atom is 0.416 e. The summed E-state index contributed by atoms with van der Waals surface area (Å²) in [5.41, 5.74) is 1.17. The summed E-state index contributed by atoms with van der Waals surface area (Å²) < 4.78 is 42.9. The van der Waals surface area contributed by atoms with Crippen LogP contribution in [-0.4, -0.2) is 13.7 Å². The van der Waals surface area contributed by atoms with Crippen LogP contribution in [0.5, 0.6) is 5.75 Å². The van der Waals surface area contributed by atoms with E-state index in [4.69, 9.17) is 4.74 Å². The second-order valence-corrected chi connectivity index (χ2v) is 4.97. The molecule has 0 unspecified atom stereocenters. The highest BCUT2D eigenvalue weighted by molar-refractivity contribution is 5.27. The lowest BCUT2D eigenvalue weighted by molar-refractivity contribution is -0.137. The minimum Gasteiger partial charge on any atom is -0.497 e. The van der Waals surface area contributed by atoms with Gasteiger partial charge in [-0.3, -0.25) is 0 Å². The Bertz CT molecular complexity index is 594. The Morgan fingerprint density at radius 3 is 2.36 bits per heavy atom. The summed E-state index contributed by atoms with van der Waals surface area (Å²) in [6.45, 7) is 1.11. The summed E-state index contributed by atoms with van der Waals surface area (Å²) in [6.07, 6.45) is -3.48. The zero-order valence-corrected chi connectivity index (χ0v) is 12.3. The minimum absolute atomic E-state index is 0.417. The van der Waals surface area contributed by atoms with Gasteiger partial charge in [0.15, 0.2) is 0 Å². The van der Waals surface area contributed by atoms with Crippen molar-refractivity contribution in [2.24, 2.45) is 0 Å². The molecule has 2 aromatic rings. The molecule has 0 aliphatic rings. The Morgan fingerprint density at radius 2 is 1.73 bits per heavy atom. The smallest absolute Gasteiger partial charge is 0.416 e. The van der Waals surface area contributed by atoms with Gasteiger partial charge < -0.3 is 10.1 Å². The first-order valence-corrected chi connectivity index (χ1v) is 6.99. The van der Waals surface area contributed by atoms with E-state index in [-0.39, 0.29) is 0 Å². The highest BCUT2D eigenvalue weighted by Gasteiger charge is 2.30. The molecular formula is C17H18F3NO. The van der Waals surface area contributed by atoms with Crippen molar-refractivity contribution < 1.29 is 17.9 Å². The number of alkyl halides is 3. The van der Waals surface area contributed by atoms with Gasteiger partial charge in [0, 0.05) is 6.54 Å². The molecule has 0 fully saturated rings. The molecule has 0 aliphatic carbocycles. The number of hydrogen-bond donors (Lipinski definition) is 1. The second-order valence-electron chi connectivity index (χ2n) is 4.97. The molecule has 0 heterocycles. The predicted molar refractivity (Wildman–Crippen MR) is 79.8 cm³/mol. The van der Waals surface area contributed by atoms with Crippen molar-refractivity contribution in [2.45, 2.75) is 19.1 Å². The molecule has 0 spiro atoms. The predicted octanol–water partition coefficient (Wildman–Crippen LogP) is 4.05. The van der Waals surface area contributed by atoms with Gasteiger partial charge in [0.05, 0.1) is 12.7 Å². The molecule has 2 rings (SSSR count). The molecule has 1 N–H and O–H groups in total. The zero-order valence-electron chi connectivity index (χ0n) is 12.3. The van der Waals surface area contributed by atoms with Gasteiger partial charge in [-0.15, -0.1) is 0 Å². The molecule has 0 saturated carbocycles. The first-order valence-electron chi connectivity index (χ1n) is 6.99. The number of hydrogen-bond acceptors (Lipinski definition) is 2. The number of nitrogens with one attached hydrogen (secondary N) is 1. The molecule has 0 aliphatic heterocycles. The quantitative estimate of drug-likeness (QED) is 0.813. The van der Waals surface area contributed by atoms with Crippen LogP contribution in [0.3, 0.4) is 0 Å². The Labute approximate surface area is 127 Å². The summed E-state index contributed by atoms with van der Waals surface area (Å²) in [6, 6.07) is 13.1. The fourth-order valence-corrected chi connectivity index (χ4v) is 2.12. The van der Waals surface area contributed by atoms with E-state index in [0.29, 0.717) is 18.7 Å². The second kappa shape index (κ2) is 7.31. The third kappa shape index (κ3) is 4.77. The van der Waals surface area contributed by atoms with Gasteiger partial charge in [0.25, 0.3) is 0 Å². The monoisotopic (exact) mass is 309 g/mol. The third-order valence-corrected chi connectivity index (χ3v) is 3.33. The van der Waals surface area contributed by atoms with Crippen LogP contribution in [0.1, 0.15) is 16.7 Å². The number of ether oxygens (including phenoxy) is 1. The van der Waals surface area contributed by atoms with Crippen LogP contribution in [0.4, 0.5) is 13.2 Å². The summed E-state index contributed by atoms with van der Waals surface area (Å²) in [5.74, 6) is 0.806. The van der Waals surface area contributed by atoms with Crippen LogP contribution in [0.15, 0.2) is 48.5 Å². The van der Waals surface area contributed by atoms with Crippen molar-refractivity contribution in [1.29, 1.82) is 0 Å². The SMILES string of the molecule is COc1ccc(CCNCc2cccc(C(F)(F)F)c2)cc1. The van der Waals surface area contributed by atoms with Gasteiger partial charge in [-0.25, -0.2) is 0 Å². The molecule has 2 aromatic carbocycles. The lowest BCUT2D eigenvalue weighted by Crippen LogP contribution is -2.17. The van der Waals surface area contributed by atoms with Crippen LogP contribution in [-0.2, 0) is 19.1 Å². The Kier molecular flexibility index (Phi) is 5.44. The summed E-state index contributed by atoms with van der Waals surface area (Å²) >= 11 is 0. The standard InChI is InChI=1S/C17H18F3NO/c1-22-16-7-5-13(6-8-16)9-10-21-12-14-3-2-4-15(11-14)17(18,19)20/h2-8,11,21H,9-10,12H2,1H3. The first-order chi connectivity index (χ1) is 10.5. The summed E-state index contributed by atoms with van der Waals surface area (Å²) in [4.78, 5) is 0. The van der Waals surface area contributed by atoms with E-state index in [2.05, 4.69) is 5.32 Å². The minimum atomic E-state index is -4.29. The molecule has 0 radical (unpaired) electrons. The molecule has 5 heteroatoms. The number of halogens is 3. The zero-order chi connectivity index (χ0) is 16.0. The molecule has 22 heavy (non-hydrogen) atoms. The largest absolute Gasteiger partial charge is 0.497 e. The van der Waals surface area contributed by atoms with E-state index in [1.807, 2.05) is 24.3 Å². The Morgan fingerprint density at radius 1 is 1.00 bits per heavy atom. The van der Waals surface area contributed by atoms with Gasteiger partial charge in [0.1, 0.15) is 5.75 Å². The Hall–Kier alpha value is -2.01. The number of methoxy groups -OCH3 is 1. The van der Waals surface area contributed by atoms with E-state index in [1.54, 1.807) is 13.2 Å². The van der Waals surface area contributed by atoms with Crippen LogP contribution in [0, 0.1) is 0 Å². The van der Waals surface area contributed by atoms with E-state index >= 15 is 0 Å². The summed E-state index contributed by atoms with van der Waals surface area (Å²) in [5, 5.41) is 3.16. The molecule has 2 nitrogen and oxygen atoms in total. The number of benzene rings is 2. The normalized spacial score (nSPS) is 11.5. The van der Waals surface area contributed by atoms with Gasteiger partial charge in [-0.05, 0) is 42.3 Å². The molecule has 0 amide bonds. The molecule has 0 aromatic heterocycles. The van der Waals surface area contributed by atoms with Crippen LogP contribution < -0.4 is 10.1 Å². The van der Waals surface area contributed by atoms with Crippen molar-refractivity contribution in [2.75, 3.05) is 13.7 Å². The molecule has 0 saturated heterocycles. The average molecular weight is 309 g/mol. The van der Waals surface area contributed by atoms with E-state index < -0.39 is 11.7 Å². The number of rotatable bonds is 6. The molecule has 0 atom stereocenters. The maximum absolute atomic E-state index is 12.6. The van der Waals surface area contributed by atoms with Crippen molar-refractivity contribution in [3.63, 3.8) is 0 Å². The van der Waals surface area contributed by atoms with Gasteiger partial charge in [-0.2, -0.15) is 13.2 Å². The highest BCUT2D eigenvalue weighted by atomic mass is 19.4. The van der Waals surface area contributed by atoms with Crippen LogP contribution in [0.2, 0.25) is 0 Å². The van der Waals surface area contributed by atoms with Gasteiger partial charge in [0.2, 0.25) is 0 Å². The maximum atomic E-state index is 12.6. The fourth-order valence-electron chi connectivity index (χ4n) is 2.12. The molecule has 0 bridgehead atoms. The summed E-state index contributed by atoms with van der Waals surface area (Å²) in [7, 11) is 1.62. The van der Waals surface area contributed by atoms with E-state index in [9.17, 15) is 13.2 Å². The van der Waals surface area contributed by atoms with Gasteiger partial charge in [-0.1, -0.05) is 30.3 Å². The van der Waals surface area contributed by atoms with Crippen molar-refractivity contribution in [3.05, 3.63) is 65.2 Å². The molecular weight excluding hydrogens is 291 g/mol. The lowest BCUT2D eigenvalue weighted by atomic mass is 10.1. The van der Waals surface area contributed by atoms with Gasteiger partial charge >= 0.3 is 6.18 Å². The van der Waals surface area contributed by atoms with Crippen molar-refractivity contribution >= 4 is 0 Å². The molecule has 118 valence electrons. The average Bonchev–Trinajstić information content (AvgIpc) is 2.52. The first kappa shape index (κ1) is 16.4. The van der Waals surface area contributed by atoms with Crippen LogP contribution >= 0.6 is 0 Å². The van der Waals surface area contributed by atoms with E-state index in [0.717, 1.165) is 23.8 Å². The van der Waals surface area contributed by atoms with E-state index in [1.165, 1.54) is 12.1 Å². The lowest BCUT2D eigenvalue weighted by Gasteiger charge is -2.10. The Balaban J connectivity index is 1.81.